The molecule has 16 heavy (non-hydrogen) atoms. The van der Waals surface area contributed by atoms with Gasteiger partial charge in [-0.1, -0.05) is 6.92 Å². The Kier molecular flexibility index (Phi) is 2.64. The molecule has 0 bridgehead atoms. The van der Waals surface area contributed by atoms with Crippen LogP contribution >= 0.6 is 0 Å². The average Bonchev–Trinajstić information content (AvgIpc) is 2.73. The van der Waals surface area contributed by atoms with Gasteiger partial charge in [-0.15, -0.1) is 0 Å². The molecule has 1 saturated heterocycles. The summed E-state index contributed by atoms with van der Waals surface area (Å²) < 4.78 is 1.84. The number of urea groups is 1. The molecule has 6 heteroatoms. The number of imidazole rings is 1. The van der Waals surface area contributed by atoms with Crippen LogP contribution in [0.2, 0.25) is 0 Å². The van der Waals surface area contributed by atoms with Crippen LogP contribution in [0.5, 0.6) is 0 Å². The number of nitrogens with zero attached hydrogens (tertiary/aromatic N) is 3. The third-order valence-electron chi connectivity index (χ3n) is 2.69. The Bertz CT molecular complexity index is 425. The van der Waals surface area contributed by atoms with Crippen LogP contribution in [0.3, 0.4) is 0 Å². The van der Waals surface area contributed by atoms with Crippen molar-refractivity contribution in [3.63, 3.8) is 0 Å². The van der Waals surface area contributed by atoms with Crippen LogP contribution in [0.1, 0.15) is 25.1 Å². The van der Waals surface area contributed by atoms with Gasteiger partial charge >= 0.3 is 6.03 Å². The summed E-state index contributed by atoms with van der Waals surface area (Å²) in [4.78, 5) is 17.3. The zero-order valence-electron chi connectivity index (χ0n) is 9.40. The third-order valence-corrected chi connectivity index (χ3v) is 2.69. The molecular weight excluding hydrogens is 206 g/mol. The molecule has 0 saturated carbocycles. The standard InChI is InChI=1S/C10H15N5O/c1-3-4-15-8(9(11)13-10(15)16)7-5-12-6-14(7)2/h5-6,8H,3-4H2,1-2H3,(H2,11,13,16). The van der Waals surface area contributed by atoms with Crippen molar-refractivity contribution in [1.29, 1.82) is 5.41 Å². The Balaban J connectivity index is 2.34. The second kappa shape index (κ2) is 3.96. The van der Waals surface area contributed by atoms with E-state index in [4.69, 9.17) is 5.41 Å². The normalized spacial score (nSPS) is 20.4. The molecule has 6 nitrogen and oxygen atoms in total. The van der Waals surface area contributed by atoms with Gasteiger partial charge in [0.15, 0.2) is 0 Å². The van der Waals surface area contributed by atoms with Gasteiger partial charge in [0.2, 0.25) is 0 Å². The summed E-state index contributed by atoms with van der Waals surface area (Å²) in [6, 6.07) is -0.516. The summed E-state index contributed by atoms with van der Waals surface area (Å²) in [5.74, 6) is 0.224. The Hall–Kier alpha value is -1.85. The Labute approximate surface area is 93.8 Å². The summed E-state index contributed by atoms with van der Waals surface area (Å²) in [7, 11) is 1.86. The molecule has 2 heterocycles. The highest BCUT2D eigenvalue weighted by atomic mass is 16.2. The fourth-order valence-electron chi connectivity index (χ4n) is 1.94. The lowest BCUT2D eigenvalue weighted by molar-refractivity contribution is 0.204. The topological polar surface area (TPSA) is 74.0 Å². The maximum Gasteiger partial charge on any atom is 0.323 e. The van der Waals surface area contributed by atoms with Crippen LogP contribution in [0.4, 0.5) is 4.79 Å². The van der Waals surface area contributed by atoms with E-state index >= 15 is 0 Å². The first-order valence-corrected chi connectivity index (χ1v) is 5.27. The van der Waals surface area contributed by atoms with E-state index in [0.29, 0.717) is 6.54 Å². The Morgan fingerprint density at radius 3 is 2.94 bits per heavy atom. The Morgan fingerprint density at radius 1 is 1.62 bits per heavy atom. The van der Waals surface area contributed by atoms with E-state index in [1.54, 1.807) is 17.4 Å². The summed E-state index contributed by atoms with van der Waals surface area (Å²) in [5, 5.41) is 10.3. The number of hydrogen-bond donors (Lipinski definition) is 2. The number of rotatable bonds is 3. The van der Waals surface area contributed by atoms with Gasteiger partial charge in [0.25, 0.3) is 0 Å². The second-order valence-corrected chi connectivity index (χ2v) is 3.87. The highest BCUT2D eigenvalue weighted by Crippen LogP contribution is 2.25. The molecule has 0 spiro atoms. The number of amides is 2. The van der Waals surface area contributed by atoms with Crippen molar-refractivity contribution < 1.29 is 4.79 Å². The van der Waals surface area contributed by atoms with E-state index in [1.165, 1.54) is 0 Å². The predicted octanol–water partition coefficient (Wildman–Crippen LogP) is 0.874. The van der Waals surface area contributed by atoms with Gasteiger partial charge in [-0.2, -0.15) is 0 Å². The van der Waals surface area contributed by atoms with Crippen molar-refractivity contribution in [2.45, 2.75) is 19.4 Å². The van der Waals surface area contributed by atoms with Gasteiger partial charge in [-0.25, -0.2) is 9.78 Å². The van der Waals surface area contributed by atoms with E-state index in [0.717, 1.165) is 12.1 Å². The molecular formula is C10H15N5O. The first kappa shape index (κ1) is 10.7. The minimum absolute atomic E-state index is 0.196. The molecule has 2 N–H and O–H groups in total. The maximum atomic E-state index is 11.6. The zero-order valence-corrected chi connectivity index (χ0v) is 9.40. The lowest BCUT2D eigenvalue weighted by Gasteiger charge is -2.21. The molecule has 2 amide bonds. The summed E-state index contributed by atoms with van der Waals surface area (Å²) in [6.45, 7) is 2.65. The monoisotopic (exact) mass is 221 g/mol. The number of aromatic nitrogens is 2. The molecule has 86 valence electrons. The molecule has 1 fully saturated rings. The number of amidine groups is 1. The average molecular weight is 221 g/mol. The zero-order chi connectivity index (χ0) is 11.7. The van der Waals surface area contributed by atoms with E-state index in [9.17, 15) is 4.79 Å². The lowest BCUT2D eigenvalue weighted by Crippen LogP contribution is -2.31. The van der Waals surface area contributed by atoms with Gasteiger partial charge in [-0.3, -0.25) is 10.7 Å². The summed E-state index contributed by atoms with van der Waals surface area (Å²) >= 11 is 0. The van der Waals surface area contributed by atoms with E-state index in [1.807, 2.05) is 18.5 Å². The third kappa shape index (κ3) is 1.56. The quantitative estimate of drug-likeness (QED) is 0.794. The lowest BCUT2D eigenvalue weighted by atomic mass is 10.2. The maximum absolute atomic E-state index is 11.6. The van der Waals surface area contributed by atoms with Crippen LogP contribution in [0.15, 0.2) is 12.5 Å². The SMILES string of the molecule is CCCN1C(=O)NC(=N)C1c1cncn1C. The minimum atomic E-state index is -0.319. The fourth-order valence-corrected chi connectivity index (χ4v) is 1.94. The van der Waals surface area contributed by atoms with Gasteiger partial charge < -0.3 is 9.47 Å². The van der Waals surface area contributed by atoms with Crippen LogP contribution < -0.4 is 5.32 Å². The fraction of sp³-hybridized carbons (Fsp3) is 0.500. The van der Waals surface area contributed by atoms with Crippen molar-refractivity contribution in [1.82, 2.24) is 19.8 Å². The predicted molar refractivity (Wildman–Crippen MR) is 59.2 cm³/mol. The van der Waals surface area contributed by atoms with Crippen molar-refractivity contribution >= 4 is 11.9 Å². The van der Waals surface area contributed by atoms with Gasteiger partial charge in [0, 0.05) is 13.6 Å². The summed E-state index contributed by atoms with van der Waals surface area (Å²) in [6.07, 6.45) is 4.24. The molecule has 2 rings (SSSR count). The second-order valence-electron chi connectivity index (χ2n) is 3.87. The van der Waals surface area contributed by atoms with Crippen LogP contribution in [0.25, 0.3) is 0 Å². The van der Waals surface area contributed by atoms with Crippen molar-refractivity contribution in [2.24, 2.45) is 7.05 Å². The van der Waals surface area contributed by atoms with Crippen molar-refractivity contribution in [3.05, 3.63) is 18.2 Å². The molecule has 0 radical (unpaired) electrons. The first-order valence-electron chi connectivity index (χ1n) is 5.27. The number of hydrogen-bond acceptors (Lipinski definition) is 3. The minimum Gasteiger partial charge on any atom is -0.336 e. The number of carbonyl (C=O) groups is 1. The van der Waals surface area contributed by atoms with Gasteiger partial charge in [0.1, 0.15) is 11.9 Å². The highest BCUT2D eigenvalue weighted by molar-refractivity contribution is 6.05. The highest BCUT2D eigenvalue weighted by Gasteiger charge is 2.37. The Morgan fingerprint density at radius 2 is 2.38 bits per heavy atom. The van der Waals surface area contributed by atoms with Crippen molar-refractivity contribution in [2.75, 3.05) is 6.54 Å². The molecule has 1 aliphatic heterocycles. The van der Waals surface area contributed by atoms with Gasteiger partial charge in [-0.05, 0) is 6.42 Å². The van der Waals surface area contributed by atoms with Crippen LogP contribution in [-0.4, -0.2) is 32.9 Å². The number of nitrogens with one attached hydrogen (secondary N) is 2. The molecule has 1 aromatic rings. The van der Waals surface area contributed by atoms with E-state index in [2.05, 4.69) is 10.3 Å². The van der Waals surface area contributed by atoms with Gasteiger partial charge in [0.05, 0.1) is 18.2 Å². The molecule has 1 atom stereocenters. The number of aryl methyl sites for hydroxylation is 1. The smallest absolute Gasteiger partial charge is 0.323 e. The molecule has 1 unspecified atom stereocenters. The van der Waals surface area contributed by atoms with E-state index < -0.39 is 0 Å². The van der Waals surface area contributed by atoms with Crippen LogP contribution in [-0.2, 0) is 7.05 Å². The molecule has 1 aliphatic rings. The molecule has 0 aromatic carbocycles. The molecule has 1 aromatic heterocycles. The number of carbonyl (C=O) groups excluding carboxylic acids is 1. The van der Waals surface area contributed by atoms with Crippen molar-refractivity contribution in [3.8, 4) is 0 Å². The van der Waals surface area contributed by atoms with Crippen LogP contribution in [0, 0.1) is 5.41 Å². The molecule has 0 aliphatic carbocycles. The first-order chi connectivity index (χ1) is 7.65. The summed E-state index contributed by atoms with van der Waals surface area (Å²) in [5.41, 5.74) is 0.858. The largest absolute Gasteiger partial charge is 0.336 e. The van der Waals surface area contributed by atoms with E-state index in [-0.39, 0.29) is 17.9 Å².